The first-order valence-electron chi connectivity index (χ1n) is 10.6. The van der Waals surface area contributed by atoms with Crippen molar-refractivity contribution in [2.45, 2.75) is 71.3 Å². The van der Waals surface area contributed by atoms with E-state index in [0.29, 0.717) is 5.41 Å². The van der Waals surface area contributed by atoms with E-state index in [2.05, 4.69) is 19.2 Å². The molecule has 4 bridgehead atoms. The third-order valence-corrected chi connectivity index (χ3v) is 7.23. The van der Waals surface area contributed by atoms with Crippen molar-refractivity contribution >= 4 is 5.91 Å². The summed E-state index contributed by atoms with van der Waals surface area (Å²) in [6.07, 6.45) is 10.5. The molecule has 3 heteroatoms. The lowest BCUT2D eigenvalue weighted by molar-refractivity contribution is -0.0688. The van der Waals surface area contributed by atoms with Crippen molar-refractivity contribution in [1.82, 2.24) is 5.32 Å². The predicted molar refractivity (Wildman–Crippen MR) is 104 cm³/mol. The summed E-state index contributed by atoms with van der Waals surface area (Å²) in [5.41, 5.74) is 1.09. The summed E-state index contributed by atoms with van der Waals surface area (Å²) >= 11 is 0. The van der Waals surface area contributed by atoms with Crippen LogP contribution in [0.4, 0.5) is 0 Å². The van der Waals surface area contributed by atoms with Crippen molar-refractivity contribution in [3.05, 3.63) is 29.8 Å². The standard InChI is InChI=1S/C23H33NO2/c1-3-4-9-26-21-7-5-20(6-8-21)22(25)24-16(2)23-13-17-10-18(14-23)12-19(11-17)15-23/h5-8,16-19H,3-4,9-15H2,1-2H3,(H,24,25). The van der Waals surface area contributed by atoms with Gasteiger partial charge in [-0.3, -0.25) is 4.79 Å². The fraction of sp³-hybridized carbons (Fsp3) is 0.696. The second-order valence-corrected chi connectivity index (χ2v) is 9.20. The molecule has 0 aromatic heterocycles. The van der Waals surface area contributed by atoms with Crippen molar-refractivity contribution in [3.8, 4) is 5.75 Å². The Hall–Kier alpha value is -1.51. The molecule has 1 unspecified atom stereocenters. The van der Waals surface area contributed by atoms with E-state index in [1.807, 2.05) is 24.3 Å². The van der Waals surface area contributed by atoms with Crippen LogP contribution in [0, 0.1) is 23.2 Å². The minimum Gasteiger partial charge on any atom is -0.494 e. The highest BCUT2D eigenvalue weighted by molar-refractivity contribution is 5.94. The van der Waals surface area contributed by atoms with Crippen LogP contribution in [-0.4, -0.2) is 18.6 Å². The molecular weight excluding hydrogens is 322 g/mol. The molecule has 0 heterocycles. The third kappa shape index (κ3) is 3.50. The van der Waals surface area contributed by atoms with Crippen LogP contribution in [0.5, 0.6) is 5.75 Å². The van der Waals surface area contributed by atoms with Gasteiger partial charge in [-0.05, 0) is 99.3 Å². The van der Waals surface area contributed by atoms with Crippen LogP contribution in [0.1, 0.15) is 75.6 Å². The third-order valence-electron chi connectivity index (χ3n) is 7.23. The average Bonchev–Trinajstić information content (AvgIpc) is 2.61. The zero-order valence-electron chi connectivity index (χ0n) is 16.3. The van der Waals surface area contributed by atoms with E-state index in [9.17, 15) is 4.79 Å². The van der Waals surface area contributed by atoms with Gasteiger partial charge in [0.2, 0.25) is 0 Å². The summed E-state index contributed by atoms with van der Waals surface area (Å²) in [6, 6.07) is 7.88. The zero-order valence-corrected chi connectivity index (χ0v) is 16.3. The number of carbonyl (C=O) groups excluding carboxylic acids is 1. The maximum atomic E-state index is 12.8. The van der Waals surface area contributed by atoms with Crippen LogP contribution < -0.4 is 10.1 Å². The highest BCUT2D eigenvalue weighted by atomic mass is 16.5. The van der Waals surface area contributed by atoms with Crippen LogP contribution in [0.15, 0.2) is 24.3 Å². The number of benzene rings is 1. The summed E-state index contributed by atoms with van der Waals surface area (Å²) in [5.74, 6) is 3.66. The Balaban J connectivity index is 1.37. The monoisotopic (exact) mass is 355 g/mol. The van der Waals surface area contributed by atoms with Gasteiger partial charge in [-0.15, -0.1) is 0 Å². The first-order valence-corrected chi connectivity index (χ1v) is 10.6. The smallest absolute Gasteiger partial charge is 0.251 e. The van der Waals surface area contributed by atoms with E-state index >= 15 is 0 Å². The van der Waals surface area contributed by atoms with Gasteiger partial charge in [0, 0.05) is 11.6 Å². The van der Waals surface area contributed by atoms with Crippen LogP contribution in [0.3, 0.4) is 0 Å². The van der Waals surface area contributed by atoms with E-state index < -0.39 is 0 Å². The molecule has 0 spiro atoms. The molecule has 1 aromatic rings. The highest BCUT2D eigenvalue weighted by Crippen LogP contribution is 2.61. The second-order valence-electron chi connectivity index (χ2n) is 9.20. The Morgan fingerprint density at radius 1 is 1.12 bits per heavy atom. The first-order chi connectivity index (χ1) is 12.6. The molecule has 0 saturated heterocycles. The Labute approximate surface area is 157 Å². The number of amides is 1. The van der Waals surface area contributed by atoms with Gasteiger partial charge in [0.15, 0.2) is 0 Å². The van der Waals surface area contributed by atoms with Crippen LogP contribution in [0.2, 0.25) is 0 Å². The second kappa shape index (κ2) is 7.25. The largest absolute Gasteiger partial charge is 0.494 e. The number of hydrogen-bond donors (Lipinski definition) is 1. The van der Waals surface area contributed by atoms with Crippen molar-refractivity contribution in [2.75, 3.05) is 6.61 Å². The maximum absolute atomic E-state index is 12.8. The average molecular weight is 356 g/mol. The summed E-state index contributed by atoms with van der Waals surface area (Å²) in [4.78, 5) is 12.8. The molecule has 0 radical (unpaired) electrons. The van der Waals surface area contributed by atoms with E-state index in [1.165, 1.54) is 38.5 Å². The van der Waals surface area contributed by atoms with Gasteiger partial charge in [-0.1, -0.05) is 13.3 Å². The summed E-state index contributed by atoms with van der Waals surface area (Å²) in [6.45, 7) is 5.14. The van der Waals surface area contributed by atoms with Gasteiger partial charge in [0.05, 0.1) is 6.61 Å². The Kier molecular flexibility index (Phi) is 4.98. The summed E-state index contributed by atoms with van der Waals surface area (Å²) in [5, 5.41) is 3.35. The fourth-order valence-corrected chi connectivity index (χ4v) is 6.18. The fourth-order valence-electron chi connectivity index (χ4n) is 6.18. The van der Waals surface area contributed by atoms with Crippen LogP contribution >= 0.6 is 0 Å². The minimum absolute atomic E-state index is 0.0633. The minimum atomic E-state index is 0.0633. The molecule has 1 N–H and O–H groups in total. The number of rotatable bonds is 7. The summed E-state index contributed by atoms with van der Waals surface area (Å²) in [7, 11) is 0. The molecule has 4 fully saturated rings. The molecule has 26 heavy (non-hydrogen) atoms. The number of hydrogen-bond acceptors (Lipinski definition) is 2. The molecule has 4 saturated carbocycles. The van der Waals surface area contributed by atoms with Gasteiger partial charge in [0.1, 0.15) is 5.75 Å². The molecule has 1 aromatic carbocycles. The van der Waals surface area contributed by atoms with E-state index in [1.54, 1.807) is 0 Å². The SMILES string of the molecule is CCCCOc1ccc(C(=O)NC(C)C23CC4CC(CC(C4)C2)C3)cc1. The zero-order chi connectivity index (χ0) is 18.1. The lowest BCUT2D eigenvalue weighted by atomic mass is 9.48. The predicted octanol–water partition coefficient (Wildman–Crippen LogP) is 5.20. The Bertz CT molecular complexity index is 601. The van der Waals surface area contributed by atoms with Crippen LogP contribution in [-0.2, 0) is 0 Å². The quantitative estimate of drug-likeness (QED) is 0.683. The Morgan fingerprint density at radius 2 is 1.69 bits per heavy atom. The van der Waals surface area contributed by atoms with Crippen molar-refractivity contribution in [2.24, 2.45) is 23.2 Å². The maximum Gasteiger partial charge on any atom is 0.251 e. The van der Waals surface area contributed by atoms with Crippen molar-refractivity contribution in [3.63, 3.8) is 0 Å². The van der Waals surface area contributed by atoms with E-state index in [4.69, 9.17) is 4.74 Å². The van der Waals surface area contributed by atoms with Crippen LogP contribution in [0.25, 0.3) is 0 Å². The van der Waals surface area contributed by atoms with Gasteiger partial charge >= 0.3 is 0 Å². The van der Waals surface area contributed by atoms with Crippen molar-refractivity contribution in [1.29, 1.82) is 0 Å². The summed E-state index contributed by atoms with van der Waals surface area (Å²) < 4.78 is 5.70. The van der Waals surface area contributed by atoms with Gasteiger partial charge < -0.3 is 10.1 Å². The molecule has 1 amide bonds. The number of ether oxygens (including phenoxy) is 1. The Morgan fingerprint density at radius 3 is 2.23 bits per heavy atom. The highest BCUT2D eigenvalue weighted by Gasteiger charge is 2.53. The molecular formula is C23H33NO2. The molecule has 4 aliphatic carbocycles. The number of carbonyl (C=O) groups is 1. The lowest BCUT2D eigenvalue weighted by Gasteiger charge is -2.59. The van der Waals surface area contributed by atoms with Gasteiger partial charge in [-0.25, -0.2) is 0 Å². The normalized spacial score (nSPS) is 33.1. The number of unbranched alkanes of at least 4 members (excludes halogenated alkanes) is 1. The lowest BCUT2D eigenvalue weighted by Crippen LogP contribution is -2.55. The van der Waals surface area contributed by atoms with Gasteiger partial charge in [0.25, 0.3) is 5.91 Å². The van der Waals surface area contributed by atoms with Gasteiger partial charge in [-0.2, -0.15) is 0 Å². The first kappa shape index (κ1) is 17.9. The van der Waals surface area contributed by atoms with Crippen molar-refractivity contribution < 1.29 is 9.53 Å². The van der Waals surface area contributed by atoms with E-state index in [0.717, 1.165) is 48.5 Å². The molecule has 0 aliphatic heterocycles. The molecule has 4 aliphatic rings. The number of nitrogens with one attached hydrogen (secondary N) is 1. The molecule has 3 nitrogen and oxygen atoms in total. The topological polar surface area (TPSA) is 38.3 Å². The molecule has 142 valence electrons. The van der Waals surface area contributed by atoms with E-state index in [-0.39, 0.29) is 11.9 Å². The molecule has 5 rings (SSSR count). The molecule has 1 atom stereocenters.